The first kappa shape index (κ1) is 53.3. The minimum absolute atomic E-state index is 0.185. The van der Waals surface area contributed by atoms with Gasteiger partial charge < -0.3 is 33.7 Å². The topological polar surface area (TPSA) is 102 Å². The first-order chi connectivity index (χ1) is 32.7. The van der Waals surface area contributed by atoms with Gasteiger partial charge in [-0.05, 0) is 74.8 Å². The molecule has 0 aromatic heterocycles. The lowest BCUT2D eigenvalue weighted by atomic mass is 9.90. The molecule has 1 N–H and O–H groups in total. The maximum atomic E-state index is 14.1. The van der Waals surface area contributed by atoms with E-state index in [1.165, 1.54) is 57.8 Å². The van der Waals surface area contributed by atoms with Crippen LogP contribution in [0.15, 0.2) is 133 Å². The molecule has 0 bridgehead atoms. The van der Waals surface area contributed by atoms with E-state index in [0.29, 0.717) is 32.8 Å². The van der Waals surface area contributed by atoms with Crippen molar-refractivity contribution in [2.24, 2.45) is 0 Å². The molecule has 9 nitrogen and oxygen atoms in total. The summed E-state index contributed by atoms with van der Waals surface area (Å²) in [7, 11) is 0. The third-order valence-electron chi connectivity index (χ3n) is 12.0. The molecular weight excluding hydrogens is 839 g/mol. The van der Waals surface area contributed by atoms with E-state index in [4.69, 9.17) is 28.4 Å². The molecule has 5 rings (SSSR count). The Bertz CT molecular complexity index is 1940. The monoisotopic (exact) mass is 918 g/mol. The lowest BCUT2D eigenvalue weighted by Gasteiger charge is -2.46. The van der Waals surface area contributed by atoms with E-state index in [1.807, 2.05) is 148 Å². The predicted octanol–water partition coefficient (Wildman–Crippen LogP) is 13.2. The number of nitrogens with one attached hydrogen (secondary N) is 1. The van der Waals surface area contributed by atoms with Crippen LogP contribution in [-0.2, 0) is 59.6 Å². The number of ketones is 1. The quantitative estimate of drug-likeness (QED) is 0.0393. The molecule has 67 heavy (non-hydrogen) atoms. The maximum absolute atomic E-state index is 14.1. The van der Waals surface area contributed by atoms with Crippen molar-refractivity contribution < 1.29 is 38.0 Å². The van der Waals surface area contributed by atoms with Crippen molar-refractivity contribution in [3.05, 3.63) is 156 Å². The molecule has 1 amide bonds. The van der Waals surface area contributed by atoms with Gasteiger partial charge in [-0.25, -0.2) is 4.79 Å². The van der Waals surface area contributed by atoms with Crippen molar-refractivity contribution in [1.82, 2.24) is 5.32 Å². The van der Waals surface area contributed by atoms with Gasteiger partial charge in [0.05, 0.1) is 45.2 Å². The highest BCUT2D eigenvalue weighted by Gasteiger charge is 2.48. The summed E-state index contributed by atoms with van der Waals surface area (Å²) in [5, 5.41) is 2.91. The van der Waals surface area contributed by atoms with Crippen LogP contribution in [0.1, 0.15) is 140 Å². The van der Waals surface area contributed by atoms with Crippen molar-refractivity contribution in [3.8, 4) is 0 Å². The molecule has 0 spiro atoms. The number of unbranched alkanes of at least 4 members (excludes halogenated alkanes) is 11. The summed E-state index contributed by atoms with van der Waals surface area (Å²) < 4.78 is 39.8. The summed E-state index contributed by atoms with van der Waals surface area (Å²) in [4.78, 5) is 27.4. The molecule has 0 unspecified atom stereocenters. The lowest BCUT2D eigenvalue weighted by Crippen LogP contribution is -2.61. The first-order valence-corrected chi connectivity index (χ1v) is 25.1. The number of amides is 1. The molecule has 0 saturated carbocycles. The molecule has 1 heterocycles. The van der Waals surface area contributed by atoms with E-state index < -0.39 is 48.3 Å². The highest BCUT2D eigenvalue weighted by molar-refractivity contribution is 5.96. The highest BCUT2D eigenvalue weighted by Crippen LogP contribution is 2.33. The zero-order valence-corrected chi connectivity index (χ0v) is 40.9. The van der Waals surface area contributed by atoms with Gasteiger partial charge in [0.2, 0.25) is 0 Å². The number of hydrogen-bond acceptors (Lipinski definition) is 8. The van der Waals surface area contributed by atoms with Crippen molar-refractivity contribution >= 4 is 11.9 Å². The van der Waals surface area contributed by atoms with Gasteiger partial charge in [-0.15, -0.1) is 0 Å². The smallest absolute Gasteiger partial charge is 0.408 e. The molecule has 0 radical (unpaired) electrons. The standard InChI is InChI=1S/C58H79NO8/c1-5-6-7-8-9-10-11-12-13-14-15-16-29-38-51(60)50(59-57(61)67-58(2,3)4)39-40-52-54(63-42-47-32-23-18-24-33-47)56(65-44-49-36-27-20-28-37-49)55(64-43-48-34-25-19-26-35-48)53(66-52)45-62-41-46-30-21-17-22-31-46/h17-38,50,52-56H,5-16,39-45H2,1-4H3,(H,59,61)/b38-29+/t50-,52-,53+,54-,55-,56+/m0/s1. The fourth-order valence-corrected chi connectivity index (χ4v) is 8.43. The van der Waals surface area contributed by atoms with E-state index in [9.17, 15) is 9.59 Å². The fraction of sp³-hybridized carbons (Fsp3) is 0.517. The number of allylic oxidation sites excluding steroid dienone is 1. The molecule has 1 saturated heterocycles. The first-order valence-electron chi connectivity index (χ1n) is 25.1. The minimum atomic E-state index is -0.856. The summed E-state index contributed by atoms with van der Waals surface area (Å²) in [5.74, 6) is -0.185. The second-order valence-corrected chi connectivity index (χ2v) is 18.9. The van der Waals surface area contributed by atoms with E-state index >= 15 is 0 Å². The van der Waals surface area contributed by atoms with Crippen LogP contribution in [0.2, 0.25) is 0 Å². The summed E-state index contributed by atoms with van der Waals surface area (Å²) in [6.45, 7) is 9.26. The number of hydrogen-bond donors (Lipinski definition) is 1. The largest absolute Gasteiger partial charge is 0.444 e. The number of carbonyl (C=O) groups is 2. The van der Waals surface area contributed by atoms with Crippen molar-refractivity contribution in [1.29, 1.82) is 0 Å². The zero-order valence-electron chi connectivity index (χ0n) is 40.9. The molecule has 9 heteroatoms. The van der Waals surface area contributed by atoms with E-state index in [-0.39, 0.29) is 18.8 Å². The lowest BCUT2D eigenvalue weighted by molar-refractivity contribution is -0.273. The summed E-state index contributed by atoms with van der Waals surface area (Å²) >= 11 is 0. The van der Waals surface area contributed by atoms with Gasteiger partial charge in [0.25, 0.3) is 0 Å². The summed E-state index contributed by atoms with van der Waals surface area (Å²) in [6.07, 6.45) is 15.4. The van der Waals surface area contributed by atoms with Gasteiger partial charge in [-0.1, -0.05) is 199 Å². The van der Waals surface area contributed by atoms with Gasteiger partial charge in [-0.2, -0.15) is 0 Å². The molecule has 1 aliphatic heterocycles. The molecular formula is C58H79NO8. The SMILES string of the molecule is CCCCCCCCCCCCC/C=C/C(=O)[C@H](CC[C@@H]1O[C@H](COCc2ccccc2)[C@H](OCc2ccccc2)[C@H](OCc2ccccc2)[C@H]1OCc1ccccc1)NC(=O)OC(C)(C)C. The average Bonchev–Trinajstić information content (AvgIpc) is 3.33. The Kier molecular flexibility index (Phi) is 24.4. The zero-order chi connectivity index (χ0) is 47.4. The van der Waals surface area contributed by atoms with Crippen LogP contribution in [0.5, 0.6) is 0 Å². The maximum Gasteiger partial charge on any atom is 0.408 e. The van der Waals surface area contributed by atoms with Gasteiger partial charge in [0.1, 0.15) is 30.0 Å². The Hall–Kier alpha value is -4.64. The molecule has 1 aliphatic rings. The van der Waals surface area contributed by atoms with Gasteiger partial charge in [0.15, 0.2) is 5.78 Å². The second kappa shape index (κ2) is 30.7. The van der Waals surface area contributed by atoms with Crippen LogP contribution >= 0.6 is 0 Å². The Morgan fingerprint density at radius 2 is 1.01 bits per heavy atom. The minimum Gasteiger partial charge on any atom is -0.444 e. The number of rotatable bonds is 31. The normalized spacial score (nSPS) is 19.0. The average molecular weight is 918 g/mol. The van der Waals surface area contributed by atoms with E-state index in [2.05, 4.69) is 12.2 Å². The van der Waals surface area contributed by atoms with Crippen LogP contribution in [-0.4, -0.2) is 60.6 Å². The molecule has 364 valence electrons. The molecule has 4 aromatic rings. The number of carbonyl (C=O) groups excluding carboxylic acids is 2. The number of ether oxygens (including phenoxy) is 6. The molecule has 0 aliphatic carbocycles. The fourth-order valence-electron chi connectivity index (χ4n) is 8.43. The Balaban J connectivity index is 1.36. The van der Waals surface area contributed by atoms with Gasteiger partial charge in [-0.3, -0.25) is 4.79 Å². The van der Waals surface area contributed by atoms with Crippen molar-refractivity contribution in [2.75, 3.05) is 6.61 Å². The van der Waals surface area contributed by atoms with Crippen LogP contribution in [0.25, 0.3) is 0 Å². The Morgan fingerprint density at radius 3 is 1.49 bits per heavy atom. The molecule has 6 atom stereocenters. The van der Waals surface area contributed by atoms with Crippen LogP contribution in [0.4, 0.5) is 4.79 Å². The van der Waals surface area contributed by atoms with Crippen LogP contribution in [0.3, 0.4) is 0 Å². The second-order valence-electron chi connectivity index (χ2n) is 18.9. The van der Waals surface area contributed by atoms with Gasteiger partial charge in [0, 0.05) is 0 Å². The third kappa shape index (κ3) is 21.0. The molecule has 1 fully saturated rings. The summed E-state index contributed by atoms with van der Waals surface area (Å²) in [6, 6.07) is 39.4. The Labute approximate surface area is 402 Å². The number of benzene rings is 4. The van der Waals surface area contributed by atoms with E-state index in [1.54, 1.807) is 6.08 Å². The van der Waals surface area contributed by atoms with Crippen LogP contribution in [0, 0.1) is 0 Å². The molecule has 4 aromatic carbocycles. The number of alkyl carbamates (subject to hydrolysis) is 1. The highest BCUT2D eigenvalue weighted by atomic mass is 16.6. The predicted molar refractivity (Wildman–Crippen MR) is 267 cm³/mol. The van der Waals surface area contributed by atoms with E-state index in [0.717, 1.165) is 41.5 Å². The van der Waals surface area contributed by atoms with Gasteiger partial charge >= 0.3 is 6.09 Å². The van der Waals surface area contributed by atoms with Crippen molar-refractivity contribution in [3.63, 3.8) is 0 Å². The summed E-state index contributed by atoms with van der Waals surface area (Å²) in [5.41, 5.74) is 3.34. The van der Waals surface area contributed by atoms with Crippen LogP contribution < -0.4 is 5.32 Å². The Morgan fingerprint density at radius 1 is 0.582 bits per heavy atom. The third-order valence-corrected chi connectivity index (χ3v) is 12.0. The van der Waals surface area contributed by atoms with Crippen molar-refractivity contribution in [2.45, 2.75) is 186 Å².